The molecule has 0 radical (unpaired) electrons. The smallest absolute Gasteiger partial charge is 0.261 e. The van der Waals surface area contributed by atoms with E-state index in [2.05, 4.69) is 21.7 Å². The zero-order valence-corrected chi connectivity index (χ0v) is 14.6. The van der Waals surface area contributed by atoms with Gasteiger partial charge in [-0.05, 0) is 48.1 Å². The molecule has 1 amide bonds. The van der Waals surface area contributed by atoms with Gasteiger partial charge in [-0.2, -0.15) is 0 Å². The van der Waals surface area contributed by atoms with E-state index in [1.807, 2.05) is 6.07 Å². The third kappa shape index (κ3) is 2.30. The molecule has 2 atom stereocenters. The number of thiophene rings is 2. The molecule has 5 heterocycles. The van der Waals surface area contributed by atoms with Crippen molar-refractivity contribution in [3.05, 3.63) is 22.4 Å². The SMILES string of the molecule is Cl.O=C(NC1C2CC3CC1CN(C3)C2)c1cc2ccsc2s1. The number of piperidine rings is 3. The van der Waals surface area contributed by atoms with Crippen LogP contribution in [-0.2, 0) is 0 Å². The number of carbonyl (C=O) groups excluding carboxylic acids is 1. The van der Waals surface area contributed by atoms with Gasteiger partial charge in [0.05, 0.1) is 8.89 Å². The number of rotatable bonds is 2. The number of hydrogen-bond acceptors (Lipinski definition) is 4. The van der Waals surface area contributed by atoms with E-state index in [1.54, 1.807) is 22.7 Å². The number of carbonyl (C=O) groups is 1. The van der Waals surface area contributed by atoms with Gasteiger partial charge in [-0.15, -0.1) is 35.1 Å². The van der Waals surface area contributed by atoms with Crippen LogP contribution >= 0.6 is 35.1 Å². The Morgan fingerprint density at radius 3 is 2.68 bits per heavy atom. The van der Waals surface area contributed by atoms with E-state index in [0.717, 1.165) is 10.8 Å². The molecule has 2 unspecified atom stereocenters. The van der Waals surface area contributed by atoms with Crippen molar-refractivity contribution in [3.63, 3.8) is 0 Å². The van der Waals surface area contributed by atoms with Gasteiger partial charge in [-0.1, -0.05) is 0 Å². The Balaban J connectivity index is 0.00000125. The minimum atomic E-state index is 0. The molecule has 1 N–H and O–H groups in total. The second-order valence-electron chi connectivity index (χ2n) is 6.85. The summed E-state index contributed by atoms with van der Waals surface area (Å²) < 4.78 is 1.26. The van der Waals surface area contributed by atoms with E-state index in [1.165, 1.54) is 41.9 Å². The molecule has 0 aromatic carbocycles. The average Bonchev–Trinajstić information content (AvgIpc) is 3.02. The van der Waals surface area contributed by atoms with Crippen LogP contribution in [-0.4, -0.2) is 36.5 Å². The molecule has 1 saturated carbocycles. The quantitative estimate of drug-likeness (QED) is 0.895. The zero-order valence-electron chi connectivity index (χ0n) is 12.2. The Bertz CT molecular complexity index is 653. The monoisotopic (exact) mass is 354 g/mol. The summed E-state index contributed by atoms with van der Waals surface area (Å²) in [6.45, 7) is 3.68. The Morgan fingerprint density at radius 2 is 2.00 bits per heavy atom. The van der Waals surface area contributed by atoms with Crippen molar-refractivity contribution in [2.24, 2.45) is 17.8 Å². The lowest BCUT2D eigenvalue weighted by atomic mass is 9.65. The highest BCUT2D eigenvalue weighted by Gasteiger charge is 2.47. The fourth-order valence-electron chi connectivity index (χ4n) is 4.74. The first-order valence-corrected chi connectivity index (χ1v) is 9.46. The van der Waals surface area contributed by atoms with Gasteiger partial charge >= 0.3 is 0 Å². The number of hydrogen-bond donors (Lipinski definition) is 1. The molecule has 3 saturated heterocycles. The van der Waals surface area contributed by atoms with Crippen LogP contribution < -0.4 is 5.32 Å². The molecule has 2 aromatic rings. The molecule has 6 rings (SSSR count). The largest absolute Gasteiger partial charge is 0.348 e. The standard InChI is InChI=1S/C16H18N2OS2.ClH/c19-15(13-5-10-1-2-20-16(10)21-13)17-14-11-3-9-4-12(14)8-18(6-9)7-11;/h1-2,5,9,11-12,14H,3-4,6-8H2,(H,17,19);1H. The van der Waals surface area contributed by atoms with Gasteiger partial charge in [0.2, 0.25) is 0 Å². The van der Waals surface area contributed by atoms with Crippen molar-refractivity contribution in [2.45, 2.75) is 18.9 Å². The molecule has 4 fully saturated rings. The lowest BCUT2D eigenvalue weighted by Gasteiger charge is -2.55. The minimum Gasteiger partial charge on any atom is -0.348 e. The summed E-state index contributed by atoms with van der Waals surface area (Å²) in [4.78, 5) is 16.1. The first-order valence-electron chi connectivity index (χ1n) is 7.76. The Labute approximate surface area is 144 Å². The number of halogens is 1. The Morgan fingerprint density at radius 1 is 1.23 bits per heavy atom. The molecular weight excluding hydrogens is 336 g/mol. The average molecular weight is 355 g/mol. The highest BCUT2D eigenvalue weighted by Crippen LogP contribution is 2.43. The predicted octanol–water partition coefficient (Wildman–Crippen LogP) is 3.45. The van der Waals surface area contributed by atoms with E-state index in [4.69, 9.17) is 0 Å². The second kappa shape index (κ2) is 5.48. The van der Waals surface area contributed by atoms with E-state index in [0.29, 0.717) is 17.9 Å². The molecule has 4 aliphatic rings. The summed E-state index contributed by atoms with van der Waals surface area (Å²) in [6, 6.07) is 4.56. The summed E-state index contributed by atoms with van der Waals surface area (Å²) >= 11 is 3.36. The molecule has 3 aliphatic heterocycles. The first-order chi connectivity index (χ1) is 10.3. The van der Waals surface area contributed by atoms with Crippen LogP contribution in [0, 0.1) is 17.8 Å². The van der Waals surface area contributed by atoms with E-state index in [9.17, 15) is 4.79 Å². The predicted molar refractivity (Wildman–Crippen MR) is 94.3 cm³/mol. The Kier molecular flexibility index (Phi) is 3.72. The number of nitrogens with one attached hydrogen (secondary N) is 1. The van der Waals surface area contributed by atoms with Gasteiger partial charge in [-0.25, -0.2) is 0 Å². The van der Waals surface area contributed by atoms with Crippen molar-refractivity contribution in [1.29, 1.82) is 0 Å². The summed E-state index contributed by atoms with van der Waals surface area (Å²) in [7, 11) is 0. The zero-order chi connectivity index (χ0) is 14.0. The minimum absolute atomic E-state index is 0. The van der Waals surface area contributed by atoms with Gasteiger partial charge in [0.1, 0.15) is 0 Å². The second-order valence-corrected chi connectivity index (χ2v) is 9.08. The molecule has 118 valence electrons. The van der Waals surface area contributed by atoms with Crippen LogP contribution in [0.3, 0.4) is 0 Å². The number of fused-ring (bicyclic) bond motifs is 1. The maximum Gasteiger partial charge on any atom is 0.261 e. The summed E-state index contributed by atoms with van der Waals surface area (Å²) in [6.07, 6.45) is 2.63. The fourth-order valence-corrected chi connectivity index (χ4v) is 6.76. The molecule has 1 aliphatic carbocycles. The lowest BCUT2D eigenvalue weighted by Crippen LogP contribution is -2.64. The molecule has 0 spiro atoms. The molecule has 6 heteroatoms. The summed E-state index contributed by atoms with van der Waals surface area (Å²) in [5.74, 6) is 2.40. The van der Waals surface area contributed by atoms with Crippen molar-refractivity contribution >= 4 is 50.4 Å². The molecule has 2 aromatic heterocycles. The van der Waals surface area contributed by atoms with Crippen molar-refractivity contribution in [3.8, 4) is 0 Å². The summed E-state index contributed by atoms with van der Waals surface area (Å²) in [5.41, 5.74) is 0. The van der Waals surface area contributed by atoms with Crippen LogP contribution in [0.5, 0.6) is 0 Å². The van der Waals surface area contributed by atoms with Crippen LogP contribution in [0.15, 0.2) is 17.5 Å². The first kappa shape index (κ1) is 14.9. The highest BCUT2D eigenvalue weighted by atomic mass is 35.5. The van der Waals surface area contributed by atoms with E-state index in [-0.39, 0.29) is 18.3 Å². The molecular formula is C16H19ClN2OS2. The maximum atomic E-state index is 12.6. The molecule has 3 nitrogen and oxygen atoms in total. The van der Waals surface area contributed by atoms with Gasteiger partial charge in [-0.3, -0.25) is 4.79 Å². The normalized spacial score (nSPS) is 35.5. The highest BCUT2D eigenvalue weighted by molar-refractivity contribution is 7.38. The van der Waals surface area contributed by atoms with Crippen molar-refractivity contribution in [2.75, 3.05) is 19.6 Å². The number of nitrogens with zero attached hydrogens (tertiary/aromatic N) is 1. The van der Waals surface area contributed by atoms with E-state index >= 15 is 0 Å². The summed E-state index contributed by atoms with van der Waals surface area (Å²) in [5, 5.41) is 6.69. The van der Waals surface area contributed by atoms with Crippen molar-refractivity contribution in [1.82, 2.24) is 10.2 Å². The Hall–Kier alpha value is -0.620. The van der Waals surface area contributed by atoms with Gasteiger partial charge in [0.15, 0.2) is 0 Å². The number of amides is 1. The van der Waals surface area contributed by atoms with Crippen LogP contribution in [0.2, 0.25) is 0 Å². The molecule has 4 bridgehead atoms. The third-order valence-corrected chi connectivity index (χ3v) is 7.66. The molecule has 22 heavy (non-hydrogen) atoms. The lowest BCUT2D eigenvalue weighted by molar-refractivity contribution is -0.0418. The van der Waals surface area contributed by atoms with Gasteiger partial charge < -0.3 is 10.2 Å². The third-order valence-electron chi connectivity index (χ3n) is 5.46. The topological polar surface area (TPSA) is 32.3 Å². The van der Waals surface area contributed by atoms with Crippen molar-refractivity contribution < 1.29 is 4.79 Å². The van der Waals surface area contributed by atoms with Gasteiger partial charge in [0.25, 0.3) is 5.91 Å². The maximum absolute atomic E-state index is 12.6. The van der Waals surface area contributed by atoms with Crippen LogP contribution in [0.25, 0.3) is 9.40 Å². The van der Waals surface area contributed by atoms with Crippen LogP contribution in [0.1, 0.15) is 22.5 Å². The van der Waals surface area contributed by atoms with Gasteiger partial charge in [0, 0.05) is 31.1 Å². The fraction of sp³-hybridized carbons (Fsp3) is 0.562. The van der Waals surface area contributed by atoms with E-state index < -0.39 is 0 Å². The van der Waals surface area contributed by atoms with Crippen LogP contribution in [0.4, 0.5) is 0 Å².